The van der Waals surface area contributed by atoms with Crippen LogP contribution in [0.3, 0.4) is 0 Å². The summed E-state index contributed by atoms with van der Waals surface area (Å²) in [7, 11) is 3.97. The molecule has 0 N–H and O–H groups in total. The molecule has 7 heteroatoms. The number of carbonyl (C=O) groups excluding carboxylic acids is 1. The normalized spacial score (nSPS) is 22.8. The minimum atomic E-state index is -2.44. The highest BCUT2D eigenvalue weighted by Crippen LogP contribution is 2.59. The molecule has 1 atom stereocenters. The van der Waals surface area contributed by atoms with Gasteiger partial charge in [0, 0.05) is 43.9 Å². The van der Waals surface area contributed by atoms with Crippen LogP contribution in [0.1, 0.15) is 15.9 Å². The van der Waals surface area contributed by atoms with Gasteiger partial charge < -0.3 is 9.64 Å². The van der Waals surface area contributed by atoms with Crippen LogP contribution in [0.25, 0.3) is 0 Å². The molecule has 0 radical (unpaired) electrons. The summed E-state index contributed by atoms with van der Waals surface area (Å²) in [4.78, 5) is 15.5. The lowest BCUT2D eigenvalue weighted by molar-refractivity contribution is 0.0747. The summed E-state index contributed by atoms with van der Waals surface area (Å²) < 4.78 is 9.73. The number of nitrogens with zero attached hydrogens (tertiary/aromatic N) is 3. The number of benzene rings is 2. The highest BCUT2D eigenvalue weighted by atomic mass is 32.4. The number of hydrogen-bond donors (Lipinski definition) is 0. The number of ether oxygens (including phenoxy) is 1. The van der Waals surface area contributed by atoms with Crippen LogP contribution in [0.15, 0.2) is 42.5 Å². The molecule has 27 heavy (non-hydrogen) atoms. The number of hydrogen-bond acceptors (Lipinski definition) is 4. The zero-order valence-electron chi connectivity index (χ0n) is 15.9. The monoisotopic (exact) mass is 401 g/mol. The van der Waals surface area contributed by atoms with Gasteiger partial charge in [-0.25, -0.2) is 0 Å². The lowest BCUT2D eigenvalue weighted by Crippen LogP contribution is -2.40. The molecule has 5 nitrogen and oxygen atoms in total. The van der Waals surface area contributed by atoms with Crippen LogP contribution in [0.4, 0.5) is 11.4 Å². The highest BCUT2D eigenvalue weighted by Gasteiger charge is 2.47. The molecule has 1 saturated heterocycles. The van der Waals surface area contributed by atoms with Crippen LogP contribution in [0.2, 0.25) is 0 Å². The molecule has 2 aliphatic rings. The number of carbonyl (C=O) groups is 1. The lowest BCUT2D eigenvalue weighted by Gasteiger charge is -2.40. The Morgan fingerprint density at radius 3 is 2.37 bits per heavy atom. The number of anilines is 2. The van der Waals surface area contributed by atoms with Crippen molar-refractivity contribution >= 4 is 40.7 Å². The fraction of sp³-hybridized carbons (Fsp3) is 0.350. The molecule has 0 spiro atoms. The van der Waals surface area contributed by atoms with Crippen molar-refractivity contribution < 1.29 is 9.53 Å². The first-order chi connectivity index (χ1) is 12.9. The Hall–Kier alpha value is -1.72. The van der Waals surface area contributed by atoms with Crippen LogP contribution < -0.4 is 14.9 Å². The van der Waals surface area contributed by atoms with Gasteiger partial charge in [-0.05, 0) is 37.3 Å². The molecule has 2 aliphatic heterocycles. The Labute approximate surface area is 165 Å². The average molecular weight is 401 g/mol. The van der Waals surface area contributed by atoms with Gasteiger partial charge in [0.2, 0.25) is 0 Å². The number of aryl methyl sites for hydroxylation is 1. The molecule has 0 bridgehead atoms. The average Bonchev–Trinajstić information content (AvgIpc) is 2.91. The molecule has 0 aromatic heterocycles. The molecule has 2 aromatic carbocycles. The fourth-order valence-corrected chi connectivity index (χ4v) is 8.13. The van der Waals surface area contributed by atoms with Crippen molar-refractivity contribution in [2.45, 2.75) is 6.92 Å². The molecule has 2 heterocycles. The third-order valence-corrected chi connectivity index (χ3v) is 10.1. The predicted octanol–water partition coefficient (Wildman–Crippen LogP) is 2.99. The van der Waals surface area contributed by atoms with Gasteiger partial charge in [-0.15, -0.1) is 0 Å². The Morgan fingerprint density at radius 1 is 1.07 bits per heavy atom. The van der Waals surface area contributed by atoms with Gasteiger partial charge in [0.15, 0.2) is 0 Å². The minimum absolute atomic E-state index is 0.00683. The Balaban J connectivity index is 1.89. The van der Waals surface area contributed by atoms with Crippen LogP contribution >= 0.6 is 6.34 Å². The van der Waals surface area contributed by atoms with E-state index in [0.29, 0.717) is 13.2 Å². The van der Waals surface area contributed by atoms with Crippen molar-refractivity contribution in [3.05, 3.63) is 53.6 Å². The second-order valence-corrected chi connectivity index (χ2v) is 11.2. The maximum absolute atomic E-state index is 13.5. The summed E-state index contributed by atoms with van der Waals surface area (Å²) in [5.74, 6) is 0.00683. The molecule has 1 amide bonds. The van der Waals surface area contributed by atoms with E-state index in [9.17, 15) is 4.79 Å². The van der Waals surface area contributed by atoms with Crippen molar-refractivity contribution in [1.29, 1.82) is 0 Å². The SMILES string of the molecule is Cc1ccc(N2C(=O)c3cc(N(C)C)ccc3P2(=S)N2CCOCC2)cc1. The van der Waals surface area contributed by atoms with Crippen molar-refractivity contribution in [3.63, 3.8) is 0 Å². The van der Waals surface area contributed by atoms with Gasteiger partial charge >= 0.3 is 0 Å². The van der Waals surface area contributed by atoms with E-state index in [-0.39, 0.29) is 5.91 Å². The van der Waals surface area contributed by atoms with E-state index in [1.165, 1.54) is 0 Å². The zero-order chi connectivity index (χ0) is 19.2. The third kappa shape index (κ3) is 3.01. The standard InChI is InChI=1S/C20H24N3O2PS/c1-15-4-6-16(7-5-15)23-20(24)18-14-17(21(2)3)8-9-19(18)26(23,27)22-10-12-25-13-11-22/h4-9,14H,10-13H2,1-3H3. The summed E-state index contributed by atoms with van der Waals surface area (Å²) in [6.45, 7) is 4.86. The first kappa shape index (κ1) is 18.6. The first-order valence-electron chi connectivity index (χ1n) is 9.09. The lowest BCUT2D eigenvalue weighted by atomic mass is 10.1. The summed E-state index contributed by atoms with van der Waals surface area (Å²) in [5.41, 5.74) is 3.79. The summed E-state index contributed by atoms with van der Waals surface area (Å²) in [6.07, 6.45) is -2.44. The van der Waals surface area contributed by atoms with Crippen LogP contribution in [0, 0.1) is 6.92 Å². The zero-order valence-corrected chi connectivity index (χ0v) is 17.6. The van der Waals surface area contributed by atoms with Crippen molar-refractivity contribution in [2.75, 3.05) is 50.0 Å². The van der Waals surface area contributed by atoms with E-state index in [2.05, 4.69) is 16.8 Å². The smallest absolute Gasteiger partial charge is 0.264 e. The van der Waals surface area contributed by atoms with Gasteiger partial charge in [-0.1, -0.05) is 29.5 Å². The summed E-state index contributed by atoms with van der Waals surface area (Å²) in [5, 5.41) is 0.996. The molecular weight excluding hydrogens is 377 g/mol. The van der Waals surface area contributed by atoms with Crippen molar-refractivity contribution in [2.24, 2.45) is 0 Å². The topological polar surface area (TPSA) is 36.0 Å². The molecule has 4 rings (SSSR count). The Morgan fingerprint density at radius 2 is 1.74 bits per heavy atom. The van der Waals surface area contributed by atoms with Gasteiger partial charge in [0.25, 0.3) is 5.91 Å². The van der Waals surface area contributed by atoms with Crippen molar-refractivity contribution in [3.8, 4) is 0 Å². The van der Waals surface area contributed by atoms with Gasteiger partial charge in [-0.3, -0.25) is 14.1 Å². The number of morpholine rings is 1. The quantitative estimate of drug-likeness (QED) is 0.739. The fourth-order valence-electron chi connectivity index (χ4n) is 3.64. The van der Waals surface area contributed by atoms with E-state index in [1.807, 2.05) is 60.9 Å². The number of fused-ring (bicyclic) bond motifs is 1. The second kappa shape index (κ2) is 7.02. The molecule has 1 unspecified atom stereocenters. The maximum atomic E-state index is 13.5. The summed E-state index contributed by atoms with van der Waals surface area (Å²) in [6, 6.07) is 14.2. The van der Waals surface area contributed by atoms with E-state index in [4.69, 9.17) is 16.5 Å². The van der Waals surface area contributed by atoms with Crippen LogP contribution in [0.5, 0.6) is 0 Å². The molecule has 2 aromatic rings. The molecular formula is C20H24N3O2PS. The Kier molecular flexibility index (Phi) is 4.85. The van der Waals surface area contributed by atoms with Crippen LogP contribution in [-0.4, -0.2) is 51.0 Å². The molecule has 0 saturated carbocycles. The van der Waals surface area contributed by atoms with Crippen molar-refractivity contribution in [1.82, 2.24) is 4.67 Å². The predicted molar refractivity (Wildman–Crippen MR) is 115 cm³/mol. The number of amides is 1. The largest absolute Gasteiger partial charge is 0.379 e. The van der Waals surface area contributed by atoms with E-state index >= 15 is 0 Å². The van der Waals surface area contributed by atoms with Gasteiger partial charge in [-0.2, -0.15) is 0 Å². The van der Waals surface area contributed by atoms with E-state index in [1.54, 1.807) is 0 Å². The molecule has 0 aliphatic carbocycles. The minimum Gasteiger partial charge on any atom is -0.379 e. The maximum Gasteiger partial charge on any atom is 0.264 e. The van der Waals surface area contributed by atoms with Gasteiger partial charge in [0.1, 0.15) is 6.34 Å². The van der Waals surface area contributed by atoms with Gasteiger partial charge in [0.05, 0.1) is 18.8 Å². The van der Waals surface area contributed by atoms with E-state index in [0.717, 1.165) is 40.9 Å². The Bertz CT molecular complexity index is 923. The third-order valence-electron chi connectivity index (χ3n) is 5.15. The molecule has 1 fully saturated rings. The summed E-state index contributed by atoms with van der Waals surface area (Å²) >= 11 is 6.34. The van der Waals surface area contributed by atoms with E-state index < -0.39 is 6.34 Å². The number of rotatable bonds is 3. The molecule has 142 valence electrons. The first-order valence-corrected chi connectivity index (χ1v) is 11.8. The highest BCUT2D eigenvalue weighted by molar-refractivity contribution is 8.18. The van der Waals surface area contributed by atoms with Crippen LogP contribution in [-0.2, 0) is 16.5 Å². The second-order valence-electron chi connectivity index (χ2n) is 7.16.